The minimum atomic E-state index is -0.855. The first-order valence-corrected chi connectivity index (χ1v) is 10.6. The van der Waals surface area contributed by atoms with Gasteiger partial charge in [-0.25, -0.2) is 4.79 Å². The van der Waals surface area contributed by atoms with Crippen molar-refractivity contribution >= 4 is 29.3 Å². The second-order valence-corrected chi connectivity index (χ2v) is 7.79. The largest absolute Gasteiger partial charge is 0.467 e. The molecule has 0 unspecified atom stereocenters. The molecule has 7 nitrogen and oxygen atoms in total. The van der Waals surface area contributed by atoms with Gasteiger partial charge in [0.1, 0.15) is 11.5 Å². The minimum absolute atomic E-state index is 0.0806. The van der Waals surface area contributed by atoms with Gasteiger partial charge in [0.15, 0.2) is 5.78 Å². The molecule has 1 N–H and O–H groups in total. The third-order valence-corrected chi connectivity index (χ3v) is 5.61. The van der Waals surface area contributed by atoms with Gasteiger partial charge in [0, 0.05) is 11.3 Å². The lowest BCUT2D eigenvalue weighted by Gasteiger charge is -2.28. The van der Waals surface area contributed by atoms with E-state index >= 15 is 0 Å². The van der Waals surface area contributed by atoms with E-state index in [-0.39, 0.29) is 30.2 Å². The lowest BCUT2D eigenvalue weighted by atomic mass is 9.99. The summed E-state index contributed by atoms with van der Waals surface area (Å²) < 4.78 is 10.5. The number of ketones is 1. The highest BCUT2D eigenvalue weighted by atomic mass is 35.5. The number of amides is 1. The number of nitrogens with one attached hydrogen (secondary N) is 1. The van der Waals surface area contributed by atoms with Gasteiger partial charge in [0.25, 0.3) is 5.91 Å². The second-order valence-electron chi connectivity index (χ2n) is 7.38. The van der Waals surface area contributed by atoms with E-state index in [0.29, 0.717) is 27.6 Å². The van der Waals surface area contributed by atoms with Crippen molar-refractivity contribution in [1.29, 1.82) is 0 Å². The number of esters is 1. The topological polar surface area (TPSA) is 92.6 Å². The zero-order valence-electron chi connectivity index (χ0n) is 18.4. The smallest absolute Gasteiger partial charge is 0.355 e. The van der Waals surface area contributed by atoms with E-state index in [4.69, 9.17) is 20.8 Å². The summed E-state index contributed by atoms with van der Waals surface area (Å²) in [5, 5.41) is 0.292. The fraction of sp³-hybridized carbons (Fsp3) is 0.292. The quantitative estimate of drug-likeness (QED) is 0.381. The maximum absolute atomic E-state index is 13.5. The second kappa shape index (κ2) is 9.87. The third kappa shape index (κ3) is 4.62. The van der Waals surface area contributed by atoms with Gasteiger partial charge >= 0.3 is 5.97 Å². The number of nitrogens with zero attached hydrogens (tertiary/aromatic N) is 1. The van der Waals surface area contributed by atoms with Gasteiger partial charge in [0.05, 0.1) is 36.0 Å². The average Bonchev–Trinajstić information content (AvgIpc) is 3.38. The fourth-order valence-corrected chi connectivity index (χ4v) is 3.84. The summed E-state index contributed by atoms with van der Waals surface area (Å²) in [4.78, 5) is 43.6. The number of aromatic nitrogens is 1. The maximum atomic E-state index is 13.5. The van der Waals surface area contributed by atoms with Gasteiger partial charge in [-0.05, 0) is 57.5 Å². The Labute approximate surface area is 191 Å². The summed E-state index contributed by atoms with van der Waals surface area (Å²) in [5.41, 5.74) is 1.90. The Kier molecular flexibility index (Phi) is 7.20. The molecule has 2 heterocycles. The minimum Gasteiger partial charge on any atom is -0.467 e. The first kappa shape index (κ1) is 23.3. The number of hydrogen-bond acceptors (Lipinski definition) is 5. The number of carbonyl (C=O) groups excluding carboxylic acids is 3. The van der Waals surface area contributed by atoms with Crippen LogP contribution >= 0.6 is 11.6 Å². The van der Waals surface area contributed by atoms with Crippen molar-refractivity contribution in [2.24, 2.45) is 0 Å². The van der Waals surface area contributed by atoms with E-state index in [0.717, 1.165) is 0 Å². The molecular formula is C24H25ClN2O5. The summed E-state index contributed by atoms with van der Waals surface area (Å²) in [6.07, 6.45) is 1.51. The molecule has 0 bridgehead atoms. The fourth-order valence-electron chi connectivity index (χ4n) is 3.62. The third-order valence-electron chi connectivity index (χ3n) is 5.28. The molecule has 0 spiro atoms. The van der Waals surface area contributed by atoms with Gasteiger partial charge in [-0.3, -0.25) is 9.59 Å². The molecule has 0 aliphatic heterocycles. The molecule has 3 rings (SSSR count). The zero-order chi connectivity index (χ0) is 23.4. The van der Waals surface area contributed by atoms with Crippen molar-refractivity contribution in [2.45, 2.75) is 40.3 Å². The van der Waals surface area contributed by atoms with Crippen LogP contribution in [0.25, 0.3) is 0 Å². The summed E-state index contributed by atoms with van der Waals surface area (Å²) in [6.45, 7) is 7.06. The Morgan fingerprint density at radius 2 is 1.88 bits per heavy atom. The van der Waals surface area contributed by atoms with Crippen LogP contribution in [0, 0.1) is 13.8 Å². The molecule has 0 aliphatic rings. The van der Waals surface area contributed by atoms with Gasteiger partial charge in [0.2, 0.25) is 0 Å². The number of Topliss-reactive ketones (excluding diaryl/α,β-unsaturated/α-hetero) is 1. The van der Waals surface area contributed by atoms with Crippen molar-refractivity contribution in [3.05, 3.63) is 81.5 Å². The van der Waals surface area contributed by atoms with E-state index < -0.39 is 17.9 Å². The van der Waals surface area contributed by atoms with E-state index in [1.165, 1.54) is 11.2 Å². The molecule has 1 atom stereocenters. The molecule has 8 heteroatoms. The normalized spacial score (nSPS) is 11.8. The summed E-state index contributed by atoms with van der Waals surface area (Å²) >= 11 is 6.25. The molecule has 1 amide bonds. The van der Waals surface area contributed by atoms with Crippen molar-refractivity contribution in [1.82, 2.24) is 9.88 Å². The van der Waals surface area contributed by atoms with E-state index in [2.05, 4.69) is 4.98 Å². The summed E-state index contributed by atoms with van der Waals surface area (Å²) in [7, 11) is 0. The highest BCUT2D eigenvalue weighted by Gasteiger charge is 2.32. The standard InChI is InChI=1S/C24H25ClN2O5/c1-5-31-24(30)21-14(2)20(15(3)26-21)22(28)16(4)27(13-17-9-8-12-32-17)23(29)18-10-6-7-11-19(18)25/h6-12,16,26H,5,13H2,1-4H3/t16-/m0/s1. The number of hydrogen-bond donors (Lipinski definition) is 1. The molecule has 0 saturated carbocycles. The van der Waals surface area contributed by atoms with E-state index in [9.17, 15) is 14.4 Å². The Morgan fingerprint density at radius 1 is 1.16 bits per heavy atom. The van der Waals surface area contributed by atoms with E-state index in [1.54, 1.807) is 64.1 Å². The Balaban J connectivity index is 1.99. The lowest BCUT2D eigenvalue weighted by Crippen LogP contribution is -2.43. The van der Waals surface area contributed by atoms with Crippen LogP contribution in [0.3, 0.4) is 0 Å². The number of halogens is 1. The van der Waals surface area contributed by atoms with Crippen LogP contribution in [0.2, 0.25) is 5.02 Å². The van der Waals surface area contributed by atoms with Gasteiger partial charge in [-0.2, -0.15) is 0 Å². The monoisotopic (exact) mass is 456 g/mol. The van der Waals surface area contributed by atoms with Crippen LogP contribution in [0.1, 0.15) is 62.1 Å². The highest BCUT2D eigenvalue weighted by Crippen LogP contribution is 2.25. The number of carbonyl (C=O) groups is 3. The predicted molar refractivity (Wildman–Crippen MR) is 120 cm³/mol. The molecule has 0 saturated heterocycles. The molecular weight excluding hydrogens is 432 g/mol. The Hall–Kier alpha value is -3.32. The maximum Gasteiger partial charge on any atom is 0.355 e. The number of ether oxygens (including phenoxy) is 1. The van der Waals surface area contributed by atoms with Gasteiger partial charge in [-0.1, -0.05) is 23.7 Å². The van der Waals surface area contributed by atoms with Crippen LogP contribution in [0.4, 0.5) is 0 Å². The predicted octanol–water partition coefficient (Wildman–Crippen LogP) is 4.97. The van der Waals surface area contributed by atoms with Crippen LogP contribution < -0.4 is 0 Å². The zero-order valence-corrected chi connectivity index (χ0v) is 19.2. The molecule has 1 aromatic carbocycles. The molecule has 0 fully saturated rings. The highest BCUT2D eigenvalue weighted by molar-refractivity contribution is 6.33. The first-order valence-electron chi connectivity index (χ1n) is 10.2. The Bertz CT molecular complexity index is 1130. The van der Waals surface area contributed by atoms with Crippen LogP contribution in [-0.4, -0.2) is 40.2 Å². The van der Waals surface area contributed by atoms with Gasteiger partial charge < -0.3 is 19.0 Å². The summed E-state index contributed by atoms with van der Waals surface area (Å²) in [5.74, 6) is -0.706. The Morgan fingerprint density at radius 3 is 2.50 bits per heavy atom. The molecule has 2 aromatic heterocycles. The number of aryl methyl sites for hydroxylation is 1. The van der Waals surface area contributed by atoms with Crippen molar-refractivity contribution < 1.29 is 23.5 Å². The van der Waals surface area contributed by atoms with Crippen LogP contribution in [-0.2, 0) is 11.3 Å². The summed E-state index contributed by atoms with van der Waals surface area (Å²) in [6, 6.07) is 9.27. The molecule has 32 heavy (non-hydrogen) atoms. The van der Waals surface area contributed by atoms with Crippen LogP contribution in [0.5, 0.6) is 0 Å². The molecule has 3 aromatic rings. The van der Waals surface area contributed by atoms with Gasteiger partial charge in [-0.15, -0.1) is 0 Å². The molecule has 0 radical (unpaired) electrons. The number of furan rings is 1. The first-order chi connectivity index (χ1) is 15.3. The van der Waals surface area contributed by atoms with Crippen molar-refractivity contribution in [3.8, 4) is 0 Å². The van der Waals surface area contributed by atoms with Crippen LogP contribution in [0.15, 0.2) is 47.1 Å². The van der Waals surface area contributed by atoms with Crippen molar-refractivity contribution in [2.75, 3.05) is 6.61 Å². The average molecular weight is 457 g/mol. The van der Waals surface area contributed by atoms with Crippen molar-refractivity contribution in [3.63, 3.8) is 0 Å². The SMILES string of the molecule is CCOC(=O)c1[nH]c(C)c(C(=O)[C@H](C)N(Cc2ccco2)C(=O)c2ccccc2Cl)c1C. The number of benzene rings is 1. The number of H-pyrrole nitrogens is 1. The number of aromatic amines is 1. The number of rotatable bonds is 8. The molecule has 0 aliphatic carbocycles. The molecule has 168 valence electrons. The lowest BCUT2D eigenvalue weighted by molar-refractivity contribution is 0.0518. The van der Waals surface area contributed by atoms with E-state index in [1.807, 2.05) is 0 Å².